The Balaban J connectivity index is 1.19. The van der Waals surface area contributed by atoms with Crippen LogP contribution in [-0.2, 0) is 0 Å². The molecule has 0 spiro atoms. The molecule has 0 aliphatic heterocycles. The maximum absolute atomic E-state index is 6.18. The van der Waals surface area contributed by atoms with Crippen LogP contribution in [0.3, 0.4) is 0 Å². The third kappa shape index (κ3) is 3.93. The van der Waals surface area contributed by atoms with Crippen molar-refractivity contribution in [3.63, 3.8) is 0 Å². The lowest BCUT2D eigenvalue weighted by Crippen LogP contribution is -2.36. The number of hydrogen-bond donors (Lipinski definition) is 0. The molecule has 6 aromatic carbocycles. The van der Waals surface area contributed by atoms with Crippen molar-refractivity contribution in [1.82, 2.24) is 0 Å². The number of nitrogens with zero attached hydrogens (tertiary/aromatic N) is 1. The topological polar surface area (TPSA) is 16.4 Å². The van der Waals surface area contributed by atoms with Gasteiger partial charge in [0.2, 0.25) is 0 Å². The molecule has 0 radical (unpaired) electrons. The number of benzene rings is 6. The smallest absolute Gasteiger partial charge is 0.135 e. The molecule has 0 saturated carbocycles. The minimum atomic E-state index is 0.164. The van der Waals surface area contributed by atoms with E-state index in [9.17, 15) is 0 Å². The third-order valence-corrected chi connectivity index (χ3v) is 9.96. The van der Waals surface area contributed by atoms with Crippen molar-refractivity contribution in [1.29, 1.82) is 0 Å². The Kier molecular flexibility index (Phi) is 5.53. The second kappa shape index (κ2) is 9.72. The molecule has 8 aromatic rings. The van der Waals surface area contributed by atoms with Crippen molar-refractivity contribution >= 4 is 76.8 Å². The zero-order valence-corrected chi connectivity index (χ0v) is 24.2. The fourth-order valence-electron chi connectivity index (χ4n) is 6.79. The van der Waals surface area contributed by atoms with Gasteiger partial charge in [0.1, 0.15) is 11.0 Å². The highest BCUT2D eigenvalue weighted by Crippen LogP contribution is 2.44. The van der Waals surface area contributed by atoms with Crippen molar-refractivity contribution in [3.8, 4) is 11.1 Å². The summed E-state index contributed by atoms with van der Waals surface area (Å²) in [5.41, 5.74) is 6.80. The van der Waals surface area contributed by atoms with Crippen molar-refractivity contribution < 1.29 is 4.42 Å². The number of furan rings is 1. The Morgan fingerprint density at radius 3 is 2.21 bits per heavy atom. The average Bonchev–Trinajstić information content (AvgIpc) is 3.64. The van der Waals surface area contributed by atoms with E-state index in [0.29, 0.717) is 0 Å². The molecule has 2 heterocycles. The van der Waals surface area contributed by atoms with Crippen LogP contribution in [-0.4, -0.2) is 6.04 Å². The number of thiophene rings is 1. The molecule has 2 nitrogen and oxygen atoms in total. The highest BCUT2D eigenvalue weighted by atomic mass is 32.1. The first-order valence-electron chi connectivity index (χ1n) is 14.8. The molecule has 9 rings (SSSR count). The summed E-state index contributed by atoms with van der Waals surface area (Å²) in [5.74, 6) is 0. The summed E-state index contributed by atoms with van der Waals surface area (Å²) in [7, 11) is 0. The lowest BCUT2D eigenvalue weighted by atomic mass is 9.96. The van der Waals surface area contributed by atoms with Gasteiger partial charge in [-0.1, -0.05) is 91.0 Å². The van der Waals surface area contributed by atoms with E-state index in [-0.39, 0.29) is 6.04 Å². The quantitative estimate of drug-likeness (QED) is 0.210. The van der Waals surface area contributed by atoms with E-state index in [2.05, 4.69) is 144 Å². The lowest BCUT2D eigenvalue weighted by Gasteiger charge is -2.32. The van der Waals surface area contributed by atoms with Gasteiger partial charge in [-0.15, -0.1) is 11.3 Å². The van der Waals surface area contributed by atoms with Gasteiger partial charge in [-0.3, -0.25) is 0 Å². The summed E-state index contributed by atoms with van der Waals surface area (Å²) in [5, 5.41) is 7.65. The Labute approximate surface area is 253 Å². The largest absolute Gasteiger partial charge is 0.456 e. The lowest BCUT2D eigenvalue weighted by molar-refractivity contribution is 0.569. The van der Waals surface area contributed by atoms with Crippen LogP contribution in [0.4, 0.5) is 11.4 Å². The first-order chi connectivity index (χ1) is 21.3. The number of rotatable bonds is 4. The second-order valence-corrected chi connectivity index (χ2v) is 12.3. The van der Waals surface area contributed by atoms with Crippen LogP contribution in [0.15, 0.2) is 138 Å². The Morgan fingerprint density at radius 1 is 0.651 bits per heavy atom. The van der Waals surface area contributed by atoms with Gasteiger partial charge >= 0.3 is 0 Å². The van der Waals surface area contributed by atoms with Crippen LogP contribution in [0, 0.1) is 0 Å². The summed E-state index contributed by atoms with van der Waals surface area (Å²) in [6.45, 7) is 0. The van der Waals surface area contributed by atoms with E-state index < -0.39 is 0 Å². The third-order valence-electron chi connectivity index (χ3n) is 8.76. The van der Waals surface area contributed by atoms with Crippen LogP contribution < -0.4 is 15.5 Å². The monoisotopic (exact) mass is 569 g/mol. The van der Waals surface area contributed by atoms with E-state index in [1.54, 1.807) is 0 Å². The van der Waals surface area contributed by atoms with Crippen LogP contribution in [0.5, 0.6) is 0 Å². The Bertz CT molecular complexity index is 2430. The van der Waals surface area contributed by atoms with Gasteiger partial charge in [0.05, 0.1) is 6.04 Å². The number of para-hydroxylation sites is 2. The number of fused-ring (bicyclic) bond motifs is 8. The van der Waals surface area contributed by atoms with Crippen molar-refractivity contribution in [2.45, 2.75) is 12.5 Å². The van der Waals surface area contributed by atoms with Crippen molar-refractivity contribution in [3.05, 3.63) is 144 Å². The normalized spacial score (nSPS) is 14.6. The van der Waals surface area contributed by atoms with E-state index >= 15 is 0 Å². The second-order valence-electron chi connectivity index (χ2n) is 11.3. The maximum Gasteiger partial charge on any atom is 0.135 e. The van der Waals surface area contributed by atoms with E-state index in [4.69, 9.17) is 4.42 Å². The van der Waals surface area contributed by atoms with Gasteiger partial charge in [-0.2, -0.15) is 0 Å². The standard InChI is InChI=1S/C40H27NOS/c1-2-11-28(12-3-1)41(30-22-23-37-35(25-30)32-14-6-8-16-36(32)42-37)29-20-18-26(19-21-29)34-24-27-10-4-5-13-31(27)39-33-15-7-9-17-38(33)43-40(34)39/h1-21,23-25,30H,22H2. The van der Waals surface area contributed by atoms with Gasteiger partial charge in [-0.05, 0) is 77.4 Å². The van der Waals surface area contributed by atoms with E-state index in [1.165, 1.54) is 64.1 Å². The van der Waals surface area contributed by atoms with Crippen molar-refractivity contribution in [2.75, 3.05) is 4.90 Å². The molecule has 2 aromatic heterocycles. The molecule has 0 amide bonds. The van der Waals surface area contributed by atoms with Crippen LogP contribution in [0.25, 0.3) is 65.2 Å². The molecule has 0 saturated heterocycles. The van der Waals surface area contributed by atoms with Gasteiger partial charge in [-0.25, -0.2) is 0 Å². The predicted octanol–water partition coefficient (Wildman–Crippen LogP) is 9.79. The van der Waals surface area contributed by atoms with Gasteiger partial charge in [0.25, 0.3) is 0 Å². The maximum atomic E-state index is 6.18. The number of hydrogen-bond acceptors (Lipinski definition) is 3. The van der Waals surface area contributed by atoms with E-state index in [0.717, 1.165) is 17.4 Å². The van der Waals surface area contributed by atoms with E-state index in [1.807, 2.05) is 17.4 Å². The molecule has 1 aliphatic rings. The highest BCUT2D eigenvalue weighted by Gasteiger charge is 2.22. The first kappa shape index (κ1) is 24.5. The molecular formula is C40H27NOS. The molecule has 0 fully saturated rings. The molecular weight excluding hydrogens is 543 g/mol. The zero-order valence-electron chi connectivity index (χ0n) is 23.4. The molecule has 3 heteroatoms. The summed E-state index contributed by atoms with van der Waals surface area (Å²) >= 11 is 1.89. The van der Waals surface area contributed by atoms with Gasteiger partial charge < -0.3 is 9.32 Å². The van der Waals surface area contributed by atoms with Gasteiger partial charge in [0.15, 0.2) is 0 Å². The SMILES string of the molecule is C1=c2oc3ccccc3c2=CC(N(c2ccccc2)c2ccc(-c3cc4ccccc4c4c3sc3ccccc34)cc2)C1. The average molecular weight is 570 g/mol. The highest BCUT2D eigenvalue weighted by molar-refractivity contribution is 7.26. The molecule has 1 aliphatic carbocycles. The van der Waals surface area contributed by atoms with Gasteiger partial charge in [0, 0.05) is 47.7 Å². The Morgan fingerprint density at radius 2 is 1.35 bits per heavy atom. The summed E-state index contributed by atoms with van der Waals surface area (Å²) in [4.78, 5) is 2.46. The predicted molar refractivity (Wildman–Crippen MR) is 184 cm³/mol. The molecule has 0 N–H and O–H groups in total. The minimum absolute atomic E-state index is 0.164. The molecule has 43 heavy (non-hydrogen) atoms. The van der Waals surface area contributed by atoms with Crippen molar-refractivity contribution in [2.24, 2.45) is 0 Å². The molecule has 0 bridgehead atoms. The zero-order chi connectivity index (χ0) is 28.3. The summed E-state index contributed by atoms with van der Waals surface area (Å²) in [6.07, 6.45) is 5.50. The summed E-state index contributed by atoms with van der Waals surface area (Å²) in [6, 6.07) is 48.3. The molecule has 1 unspecified atom stereocenters. The molecule has 204 valence electrons. The minimum Gasteiger partial charge on any atom is -0.456 e. The first-order valence-corrected chi connectivity index (χ1v) is 15.6. The van der Waals surface area contributed by atoms with Crippen LogP contribution >= 0.6 is 11.3 Å². The number of anilines is 2. The fourth-order valence-corrected chi connectivity index (χ4v) is 8.04. The molecule has 1 atom stereocenters. The summed E-state index contributed by atoms with van der Waals surface area (Å²) < 4.78 is 8.86. The van der Waals surface area contributed by atoms with Crippen LogP contribution in [0.1, 0.15) is 6.42 Å². The van der Waals surface area contributed by atoms with Crippen LogP contribution in [0.2, 0.25) is 0 Å². The fraction of sp³-hybridized carbons (Fsp3) is 0.0500. The Hall–Kier alpha value is -5.12.